The normalized spacial score (nSPS) is 10.7. The van der Waals surface area contributed by atoms with E-state index in [1.54, 1.807) is 25.1 Å². The van der Waals surface area contributed by atoms with Gasteiger partial charge in [0.05, 0.1) is 6.21 Å². The van der Waals surface area contributed by atoms with Crippen LogP contribution in [0.5, 0.6) is 5.75 Å². The number of rotatable bonds is 3. The topological polar surface area (TPSA) is 101 Å². The SMILES string of the molecule is Cc1nonc1C(=O)NN=Cc1cccc(O)c1. The molecule has 0 saturated carbocycles. The Balaban J connectivity index is 2.00. The van der Waals surface area contributed by atoms with E-state index < -0.39 is 5.91 Å². The molecule has 0 fully saturated rings. The Morgan fingerprint density at radius 3 is 3.00 bits per heavy atom. The van der Waals surface area contributed by atoms with E-state index in [0.29, 0.717) is 11.3 Å². The van der Waals surface area contributed by atoms with E-state index in [1.807, 2.05) is 0 Å². The molecule has 2 rings (SSSR count). The van der Waals surface area contributed by atoms with Crippen LogP contribution in [0.3, 0.4) is 0 Å². The fourth-order valence-electron chi connectivity index (χ4n) is 1.26. The monoisotopic (exact) mass is 246 g/mol. The standard InChI is InChI=1S/C11H10N4O3/c1-7-10(15-18-14-7)11(17)13-12-6-8-3-2-4-9(16)5-8/h2-6,16H,1H3,(H,13,17). The summed E-state index contributed by atoms with van der Waals surface area (Å²) in [6.07, 6.45) is 1.40. The summed E-state index contributed by atoms with van der Waals surface area (Å²) in [6.45, 7) is 1.60. The second-order valence-corrected chi connectivity index (χ2v) is 3.49. The van der Waals surface area contributed by atoms with Gasteiger partial charge >= 0.3 is 0 Å². The highest BCUT2D eigenvalue weighted by Crippen LogP contribution is 2.08. The van der Waals surface area contributed by atoms with Crippen LogP contribution >= 0.6 is 0 Å². The van der Waals surface area contributed by atoms with Crippen molar-refractivity contribution >= 4 is 12.1 Å². The smallest absolute Gasteiger partial charge is 0.295 e. The highest BCUT2D eigenvalue weighted by Gasteiger charge is 2.13. The first kappa shape index (κ1) is 11.8. The van der Waals surface area contributed by atoms with Crippen LogP contribution in [0.2, 0.25) is 0 Å². The molecule has 7 nitrogen and oxygen atoms in total. The Hall–Kier alpha value is -2.70. The second kappa shape index (κ2) is 5.09. The van der Waals surface area contributed by atoms with Gasteiger partial charge in [-0.05, 0) is 29.8 Å². The van der Waals surface area contributed by atoms with Crippen LogP contribution in [0.25, 0.3) is 0 Å². The number of carbonyl (C=O) groups excluding carboxylic acids is 1. The average molecular weight is 246 g/mol. The minimum absolute atomic E-state index is 0.0862. The number of aromatic nitrogens is 2. The van der Waals surface area contributed by atoms with E-state index in [9.17, 15) is 9.90 Å². The third kappa shape index (κ3) is 2.70. The average Bonchev–Trinajstić information content (AvgIpc) is 2.75. The van der Waals surface area contributed by atoms with Gasteiger partial charge in [-0.2, -0.15) is 5.10 Å². The van der Waals surface area contributed by atoms with Gasteiger partial charge in [-0.15, -0.1) is 0 Å². The molecule has 2 N–H and O–H groups in total. The number of nitrogens with zero attached hydrogens (tertiary/aromatic N) is 3. The number of hydrazone groups is 1. The number of amides is 1. The lowest BCUT2D eigenvalue weighted by Gasteiger charge is -1.96. The van der Waals surface area contributed by atoms with Crippen LogP contribution in [0.4, 0.5) is 0 Å². The number of aryl methyl sites for hydroxylation is 1. The van der Waals surface area contributed by atoms with Crippen molar-refractivity contribution in [3.05, 3.63) is 41.2 Å². The van der Waals surface area contributed by atoms with E-state index in [0.717, 1.165) is 0 Å². The lowest BCUT2D eigenvalue weighted by atomic mass is 10.2. The first-order valence-corrected chi connectivity index (χ1v) is 5.08. The van der Waals surface area contributed by atoms with Crippen molar-refractivity contribution in [2.24, 2.45) is 5.10 Å². The number of carbonyl (C=O) groups is 1. The Bertz CT molecular complexity index is 591. The summed E-state index contributed by atoms with van der Waals surface area (Å²) < 4.78 is 4.40. The first-order valence-electron chi connectivity index (χ1n) is 5.08. The van der Waals surface area contributed by atoms with Crippen molar-refractivity contribution in [3.8, 4) is 5.75 Å². The molecule has 0 saturated heterocycles. The number of hydrogen-bond acceptors (Lipinski definition) is 6. The molecule has 0 spiro atoms. The fourth-order valence-corrected chi connectivity index (χ4v) is 1.26. The maximum absolute atomic E-state index is 11.5. The zero-order chi connectivity index (χ0) is 13.0. The lowest BCUT2D eigenvalue weighted by molar-refractivity contribution is 0.0945. The number of phenols is 1. The molecule has 0 bridgehead atoms. The predicted molar refractivity (Wildman–Crippen MR) is 62.2 cm³/mol. The van der Waals surface area contributed by atoms with E-state index in [4.69, 9.17) is 0 Å². The summed E-state index contributed by atoms with van der Waals surface area (Å²) in [4.78, 5) is 11.5. The fraction of sp³-hybridized carbons (Fsp3) is 0.0909. The molecule has 0 radical (unpaired) electrons. The van der Waals surface area contributed by atoms with E-state index in [-0.39, 0.29) is 11.4 Å². The van der Waals surface area contributed by atoms with Crippen LogP contribution in [-0.2, 0) is 0 Å². The maximum Gasteiger partial charge on any atom is 0.295 e. The summed E-state index contributed by atoms with van der Waals surface area (Å²) in [5, 5.41) is 19.9. The van der Waals surface area contributed by atoms with Gasteiger partial charge < -0.3 is 5.11 Å². The van der Waals surface area contributed by atoms with Crippen LogP contribution in [-0.4, -0.2) is 27.5 Å². The van der Waals surface area contributed by atoms with Gasteiger partial charge in [-0.3, -0.25) is 4.79 Å². The largest absolute Gasteiger partial charge is 0.508 e. The summed E-state index contributed by atoms with van der Waals surface area (Å²) >= 11 is 0. The Morgan fingerprint density at radius 2 is 2.33 bits per heavy atom. The van der Waals surface area contributed by atoms with E-state index >= 15 is 0 Å². The second-order valence-electron chi connectivity index (χ2n) is 3.49. The molecule has 92 valence electrons. The van der Waals surface area contributed by atoms with Gasteiger partial charge in [0, 0.05) is 0 Å². The van der Waals surface area contributed by atoms with Crippen LogP contribution < -0.4 is 5.43 Å². The quantitative estimate of drug-likeness (QED) is 0.617. The third-order valence-corrected chi connectivity index (χ3v) is 2.12. The van der Waals surface area contributed by atoms with Gasteiger partial charge in [0.15, 0.2) is 5.69 Å². The Labute approximate surface area is 102 Å². The van der Waals surface area contributed by atoms with Crippen LogP contribution in [0, 0.1) is 6.92 Å². The van der Waals surface area contributed by atoms with Gasteiger partial charge in [-0.25, -0.2) is 10.1 Å². The molecular formula is C11H10N4O3. The molecule has 18 heavy (non-hydrogen) atoms. The van der Waals surface area contributed by atoms with Gasteiger partial charge in [0.25, 0.3) is 5.91 Å². The van der Waals surface area contributed by atoms with Crippen molar-refractivity contribution in [2.45, 2.75) is 6.92 Å². The number of nitrogens with one attached hydrogen (secondary N) is 1. The third-order valence-electron chi connectivity index (χ3n) is 2.12. The highest BCUT2D eigenvalue weighted by molar-refractivity contribution is 5.93. The molecule has 1 heterocycles. The van der Waals surface area contributed by atoms with Crippen molar-refractivity contribution in [2.75, 3.05) is 0 Å². The van der Waals surface area contributed by atoms with Crippen LogP contribution in [0.15, 0.2) is 34.0 Å². The molecule has 0 unspecified atom stereocenters. The number of benzene rings is 1. The highest BCUT2D eigenvalue weighted by atomic mass is 16.6. The Kier molecular flexibility index (Phi) is 3.33. The molecule has 0 aliphatic heterocycles. The van der Waals surface area contributed by atoms with Crippen LogP contribution in [0.1, 0.15) is 21.7 Å². The zero-order valence-electron chi connectivity index (χ0n) is 9.49. The zero-order valence-corrected chi connectivity index (χ0v) is 9.49. The van der Waals surface area contributed by atoms with Crippen molar-refractivity contribution < 1.29 is 14.5 Å². The van der Waals surface area contributed by atoms with Gasteiger partial charge in [0.2, 0.25) is 0 Å². The van der Waals surface area contributed by atoms with Gasteiger partial charge in [-0.1, -0.05) is 17.3 Å². The molecule has 0 atom stereocenters. The summed E-state index contributed by atoms with van der Waals surface area (Å²) in [7, 11) is 0. The number of phenolic OH excluding ortho intramolecular Hbond substituents is 1. The lowest BCUT2D eigenvalue weighted by Crippen LogP contribution is -2.19. The molecule has 0 aliphatic rings. The van der Waals surface area contributed by atoms with E-state index in [1.165, 1.54) is 12.3 Å². The Morgan fingerprint density at radius 1 is 1.50 bits per heavy atom. The molecule has 7 heteroatoms. The molecule has 0 aliphatic carbocycles. The van der Waals surface area contributed by atoms with Crippen molar-refractivity contribution in [1.82, 2.24) is 15.7 Å². The summed E-state index contributed by atoms with van der Waals surface area (Å²) in [5.74, 6) is -0.382. The predicted octanol–water partition coefficient (Wildman–Crippen LogP) is 0.848. The first-order chi connectivity index (χ1) is 8.66. The molecule has 1 amide bonds. The number of aromatic hydroxyl groups is 1. The minimum atomic E-state index is -0.509. The van der Waals surface area contributed by atoms with Crippen molar-refractivity contribution in [3.63, 3.8) is 0 Å². The molecule has 2 aromatic rings. The van der Waals surface area contributed by atoms with Crippen molar-refractivity contribution in [1.29, 1.82) is 0 Å². The summed E-state index contributed by atoms with van der Waals surface area (Å²) in [6, 6.07) is 6.46. The maximum atomic E-state index is 11.5. The molecule has 1 aromatic heterocycles. The summed E-state index contributed by atoms with van der Waals surface area (Å²) in [5.41, 5.74) is 3.41. The molecular weight excluding hydrogens is 236 g/mol. The number of hydrogen-bond donors (Lipinski definition) is 2. The van der Waals surface area contributed by atoms with E-state index in [2.05, 4.69) is 25.5 Å². The minimum Gasteiger partial charge on any atom is -0.508 e. The van der Waals surface area contributed by atoms with Gasteiger partial charge in [0.1, 0.15) is 11.4 Å². The molecule has 1 aromatic carbocycles.